The maximum absolute atomic E-state index is 13.5. The van der Waals surface area contributed by atoms with Crippen LogP contribution in [-0.2, 0) is 11.2 Å². The molecule has 8 heteroatoms. The van der Waals surface area contributed by atoms with Crippen molar-refractivity contribution in [1.29, 1.82) is 0 Å². The number of ketones is 1. The smallest absolute Gasteiger partial charge is 0.159 e. The third-order valence-corrected chi connectivity index (χ3v) is 7.07. The Bertz CT molecular complexity index is 1270. The molecule has 2 unspecified atom stereocenters. The molecule has 34 heavy (non-hydrogen) atoms. The van der Waals surface area contributed by atoms with Gasteiger partial charge in [-0.2, -0.15) is 0 Å². The molecule has 0 radical (unpaired) electrons. The van der Waals surface area contributed by atoms with Gasteiger partial charge in [-0.1, -0.05) is 24.1 Å². The number of anilines is 2. The van der Waals surface area contributed by atoms with Gasteiger partial charge in [0.05, 0.1) is 17.6 Å². The van der Waals surface area contributed by atoms with Crippen molar-refractivity contribution in [2.75, 3.05) is 25.5 Å². The van der Waals surface area contributed by atoms with Crippen molar-refractivity contribution in [2.45, 2.75) is 31.7 Å². The molecule has 3 aromatic rings. The minimum Gasteiger partial charge on any atom is -0.496 e. The number of carbonyl (C=O) groups is 1. The van der Waals surface area contributed by atoms with E-state index in [9.17, 15) is 9.18 Å². The summed E-state index contributed by atoms with van der Waals surface area (Å²) in [6, 6.07) is 8.75. The van der Waals surface area contributed by atoms with Crippen molar-refractivity contribution in [3.8, 4) is 5.75 Å². The van der Waals surface area contributed by atoms with Crippen LogP contribution in [0.4, 0.5) is 15.9 Å². The number of hydrogen-bond donors (Lipinski definition) is 1. The van der Waals surface area contributed by atoms with Crippen LogP contribution in [0.15, 0.2) is 48.8 Å². The second-order valence-electron chi connectivity index (χ2n) is 8.92. The molecular weight excluding hydrogens is 455 g/mol. The Morgan fingerprint density at radius 1 is 1.29 bits per heavy atom. The summed E-state index contributed by atoms with van der Waals surface area (Å²) in [6.07, 6.45) is 9.24. The molecule has 5 rings (SSSR count). The Kier molecular flexibility index (Phi) is 6.48. The summed E-state index contributed by atoms with van der Waals surface area (Å²) in [6.45, 7) is 1.97. The van der Waals surface area contributed by atoms with E-state index in [2.05, 4.69) is 20.2 Å². The number of methoxy groups -OCH3 is 1. The number of nitrogens with one attached hydrogen (secondary N) is 1. The highest BCUT2D eigenvalue weighted by molar-refractivity contribution is 6.31. The number of allylic oxidation sites excluding steroid dienone is 1. The van der Waals surface area contributed by atoms with Crippen LogP contribution in [0.5, 0.6) is 5.75 Å². The Hall–Kier alpha value is -3.03. The van der Waals surface area contributed by atoms with Gasteiger partial charge in [0.25, 0.3) is 0 Å². The largest absolute Gasteiger partial charge is 0.496 e. The van der Waals surface area contributed by atoms with Crippen molar-refractivity contribution < 1.29 is 13.9 Å². The first-order valence-corrected chi connectivity index (χ1v) is 11.9. The van der Waals surface area contributed by atoms with Crippen LogP contribution in [0, 0.1) is 11.7 Å². The van der Waals surface area contributed by atoms with Crippen LogP contribution in [0.3, 0.4) is 0 Å². The maximum Gasteiger partial charge on any atom is 0.159 e. The number of ether oxygens (including phenoxy) is 1. The molecule has 176 valence electrons. The van der Waals surface area contributed by atoms with E-state index >= 15 is 0 Å². The number of aromatic nitrogens is 2. The average molecular weight is 481 g/mol. The minimum absolute atomic E-state index is 0.0119. The van der Waals surface area contributed by atoms with Gasteiger partial charge in [0.15, 0.2) is 5.78 Å². The van der Waals surface area contributed by atoms with Crippen LogP contribution >= 0.6 is 11.6 Å². The summed E-state index contributed by atoms with van der Waals surface area (Å²) in [5.41, 5.74) is 2.01. The van der Waals surface area contributed by atoms with Gasteiger partial charge in [-0.05, 0) is 49.1 Å². The van der Waals surface area contributed by atoms with Crippen LogP contribution in [0.2, 0.25) is 5.02 Å². The van der Waals surface area contributed by atoms with E-state index in [1.54, 1.807) is 25.3 Å². The van der Waals surface area contributed by atoms with Gasteiger partial charge in [0.1, 0.15) is 23.7 Å². The van der Waals surface area contributed by atoms with Crippen molar-refractivity contribution in [3.63, 3.8) is 0 Å². The summed E-state index contributed by atoms with van der Waals surface area (Å²) in [7, 11) is 1.58. The fraction of sp³-hybridized carbons (Fsp3) is 0.346. The van der Waals surface area contributed by atoms with Gasteiger partial charge in [-0.15, -0.1) is 0 Å². The quantitative estimate of drug-likeness (QED) is 0.440. The van der Waals surface area contributed by atoms with E-state index in [-0.39, 0.29) is 17.2 Å². The molecule has 0 spiro atoms. The second kappa shape index (κ2) is 9.68. The summed E-state index contributed by atoms with van der Waals surface area (Å²) in [5.74, 6) is 1.51. The summed E-state index contributed by atoms with van der Waals surface area (Å²) >= 11 is 5.91. The number of benzene rings is 2. The Morgan fingerprint density at radius 3 is 2.97 bits per heavy atom. The number of hydrogen-bond acceptors (Lipinski definition) is 6. The predicted molar refractivity (Wildman–Crippen MR) is 131 cm³/mol. The summed E-state index contributed by atoms with van der Waals surface area (Å²) in [4.78, 5) is 23.8. The van der Waals surface area contributed by atoms with Gasteiger partial charge < -0.3 is 10.1 Å². The van der Waals surface area contributed by atoms with Crippen molar-refractivity contribution in [2.24, 2.45) is 5.92 Å². The van der Waals surface area contributed by atoms with Crippen LogP contribution in [0.1, 0.15) is 24.8 Å². The van der Waals surface area contributed by atoms with Crippen LogP contribution < -0.4 is 10.1 Å². The second-order valence-corrected chi connectivity index (χ2v) is 9.32. The van der Waals surface area contributed by atoms with Crippen LogP contribution in [0.25, 0.3) is 10.9 Å². The van der Waals surface area contributed by atoms with Crippen molar-refractivity contribution >= 4 is 39.8 Å². The standard InChI is InChI=1S/C26H26ClFN4O2/c1-34-25-13-23-20(26(30-15-29-23)31-18-7-8-22(28)21(27)12-18)11-17(25)10-19(33)5-3-9-32-14-16-4-2-6-24(16)32/h3,5,7-8,11-13,15-16,24H,2,4,6,9-10,14H2,1H3,(H,29,30,31)/b5-3+. The van der Waals surface area contributed by atoms with Gasteiger partial charge in [-0.25, -0.2) is 14.4 Å². The third kappa shape index (κ3) is 4.63. The van der Waals surface area contributed by atoms with E-state index in [1.165, 1.54) is 37.7 Å². The van der Waals surface area contributed by atoms with E-state index in [0.29, 0.717) is 28.8 Å². The Labute approximate surface area is 202 Å². The first-order valence-electron chi connectivity index (χ1n) is 11.5. The molecule has 0 amide bonds. The molecule has 0 bridgehead atoms. The van der Waals surface area contributed by atoms with Crippen molar-refractivity contribution in [1.82, 2.24) is 14.9 Å². The molecule has 2 heterocycles. The number of fused-ring (bicyclic) bond motifs is 2. The topological polar surface area (TPSA) is 67.4 Å². The fourth-order valence-electron chi connectivity index (χ4n) is 5.05. The predicted octanol–water partition coefficient (Wildman–Crippen LogP) is 5.33. The lowest BCUT2D eigenvalue weighted by Gasteiger charge is -2.44. The fourth-order valence-corrected chi connectivity index (χ4v) is 5.23. The zero-order valence-corrected chi connectivity index (χ0v) is 19.7. The summed E-state index contributed by atoms with van der Waals surface area (Å²) < 4.78 is 19.1. The molecule has 6 nitrogen and oxygen atoms in total. The number of halogens is 2. The van der Waals surface area contributed by atoms with Gasteiger partial charge in [0.2, 0.25) is 0 Å². The highest BCUT2D eigenvalue weighted by Gasteiger charge is 2.40. The Morgan fingerprint density at radius 2 is 2.18 bits per heavy atom. The zero-order valence-electron chi connectivity index (χ0n) is 18.9. The van der Waals surface area contributed by atoms with E-state index in [0.717, 1.165) is 30.0 Å². The lowest BCUT2D eigenvalue weighted by Crippen LogP contribution is -2.52. The van der Waals surface area contributed by atoms with E-state index in [1.807, 2.05) is 12.1 Å². The van der Waals surface area contributed by atoms with Crippen molar-refractivity contribution in [3.05, 3.63) is 65.2 Å². The first-order chi connectivity index (χ1) is 16.5. The highest BCUT2D eigenvalue weighted by atomic mass is 35.5. The number of carbonyl (C=O) groups excluding carboxylic acids is 1. The molecule has 1 saturated carbocycles. The molecule has 1 aliphatic heterocycles. The van der Waals surface area contributed by atoms with E-state index in [4.69, 9.17) is 16.3 Å². The number of nitrogens with zero attached hydrogens (tertiary/aromatic N) is 3. The maximum atomic E-state index is 13.5. The molecule has 2 atom stereocenters. The third-order valence-electron chi connectivity index (χ3n) is 6.79. The SMILES string of the molecule is COc1cc2ncnc(Nc3ccc(F)c(Cl)c3)c2cc1CC(=O)/C=C/CN1CC2CCCC21. The molecule has 2 aromatic carbocycles. The number of likely N-dealkylation sites (tertiary alicyclic amines) is 1. The molecule has 1 aromatic heterocycles. The lowest BCUT2D eigenvalue weighted by atomic mass is 9.92. The summed E-state index contributed by atoms with van der Waals surface area (Å²) in [5, 5.41) is 3.91. The van der Waals surface area contributed by atoms with Gasteiger partial charge >= 0.3 is 0 Å². The first kappa shape index (κ1) is 22.7. The molecule has 1 N–H and O–H groups in total. The molecule has 1 aliphatic carbocycles. The monoisotopic (exact) mass is 480 g/mol. The highest BCUT2D eigenvalue weighted by Crippen LogP contribution is 2.38. The van der Waals surface area contributed by atoms with Gasteiger partial charge in [0, 0.05) is 48.3 Å². The Balaban J connectivity index is 1.33. The van der Waals surface area contributed by atoms with Gasteiger partial charge in [-0.3, -0.25) is 9.69 Å². The molecular formula is C26H26ClFN4O2. The minimum atomic E-state index is -0.490. The molecule has 2 aliphatic rings. The number of rotatable bonds is 8. The van der Waals surface area contributed by atoms with Crippen LogP contribution in [-0.4, -0.2) is 46.9 Å². The molecule has 2 fully saturated rings. The normalized spacial score (nSPS) is 19.9. The lowest BCUT2D eigenvalue weighted by molar-refractivity contribution is -0.114. The zero-order chi connectivity index (χ0) is 23.7. The molecule has 1 saturated heterocycles. The average Bonchev–Trinajstić information content (AvgIpc) is 3.19. The van der Waals surface area contributed by atoms with E-state index < -0.39 is 5.82 Å².